The molecule has 0 bridgehead atoms. The van der Waals surface area contributed by atoms with Crippen molar-refractivity contribution in [1.29, 1.82) is 0 Å². The number of phenolic OH excluding ortho intramolecular Hbond substituents is 1. The Labute approximate surface area is 258 Å². The van der Waals surface area contributed by atoms with Crippen molar-refractivity contribution in [1.82, 2.24) is 19.8 Å². The molecule has 0 radical (unpaired) electrons. The smallest absolute Gasteiger partial charge is 0.318 e. The van der Waals surface area contributed by atoms with Gasteiger partial charge >= 0.3 is 6.01 Å². The largest absolute Gasteiger partial charge is 0.508 e. The van der Waals surface area contributed by atoms with Crippen LogP contribution in [-0.2, 0) is 11.2 Å². The Balaban J connectivity index is 1.38. The number of aromatic hydroxyl groups is 1. The number of halogens is 1. The highest BCUT2D eigenvalue weighted by molar-refractivity contribution is 6.01. The van der Waals surface area contributed by atoms with Gasteiger partial charge in [0.15, 0.2) is 0 Å². The Morgan fingerprint density at radius 3 is 2.77 bits per heavy atom. The van der Waals surface area contributed by atoms with Gasteiger partial charge in [0.05, 0.1) is 11.2 Å². The molecule has 1 amide bonds. The Morgan fingerprint density at radius 1 is 1.25 bits per heavy atom. The van der Waals surface area contributed by atoms with Crippen molar-refractivity contribution in [3.05, 3.63) is 65.1 Å². The van der Waals surface area contributed by atoms with Gasteiger partial charge in [0.1, 0.15) is 24.0 Å². The summed E-state index contributed by atoms with van der Waals surface area (Å²) in [5, 5.41) is 15.8. The number of anilines is 1. The first-order chi connectivity index (χ1) is 21.2. The average molecular weight is 600 g/mol. The molecule has 2 heterocycles. The molecule has 8 nitrogen and oxygen atoms in total. The van der Waals surface area contributed by atoms with Crippen LogP contribution in [0.4, 0.5) is 10.2 Å². The maximum Gasteiger partial charge on any atom is 0.318 e. The monoisotopic (exact) mass is 599 g/mol. The number of likely N-dealkylation sites (N-methyl/N-ethyl adjacent to an activating group) is 2. The minimum absolute atomic E-state index is 0.0826. The number of likely N-dealkylation sites (tertiary alicyclic amines) is 1. The van der Waals surface area contributed by atoms with Crippen molar-refractivity contribution in [2.75, 3.05) is 39.1 Å². The van der Waals surface area contributed by atoms with Gasteiger partial charge in [-0.05, 0) is 117 Å². The molecular weight excluding hydrogens is 557 g/mol. The standard InChI is InChI=1S/C35H42FN5O3/c1-5-31(43)41(4)35(14-6-7-15-35)21-37-33-27-12-10-23(28-19-26(42)17-24-11-13-29(36)22(2)32(24)28)18-30(27)38-34(39-33)44-20-25-9-8-16-40(25)3/h5,11,13,17-19,25,42H,1,6-10,12,14-16,20-21H2,2-4H3,(H,37,38,39)/t25-/m0/s1. The second kappa shape index (κ2) is 12.2. The van der Waals surface area contributed by atoms with E-state index in [1.54, 1.807) is 25.1 Å². The van der Waals surface area contributed by atoms with Gasteiger partial charge in [-0.15, -0.1) is 0 Å². The lowest BCUT2D eigenvalue weighted by atomic mass is 9.87. The van der Waals surface area contributed by atoms with Gasteiger partial charge in [0, 0.05) is 25.2 Å². The quantitative estimate of drug-likeness (QED) is 0.287. The Bertz CT molecular complexity index is 1630. The summed E-state index contributed by atoms with van der Waals surface area (Å²) < 4.78 is 20.9. The normalized spacial score (nSPS) is 19.5. The van der Waals surface area contributed by atoms with Gasteiger partial charge in [-0.3, -0.25) is 4.79 Å². The molecule has 6 rings (SSSR count). The number of allylic oxidation sites excluding steroid dienone is 1. The van der Waals surface area contributed by atoms with Crippen molar-refractivity contribution >= 4 is 34.1 Å². The summed E-state index contributed by atoms with van der Waals surface area (Å²) in [7, 11) is 3.97. The highest BCUT2D eigenvalue weighted by atomic mass is 19.1. The summed E-state index contributed by atoms with van der Waals surface area (Å²) >= 11 is 0. The Hall–Kier alpha value is -3.98. The zero-order chi connectivity index (χ0) is 31.0. The first kappa shape index (κ1) is 30.1. The molecule has 3 aliphatic rings. The zero-order valence-corrected chi connectivity index (χ0v) is 26.0. The molecule has 1 atom stereocenters. The molecule has 1 aliphatic heterocycles. The molecule has 3 aromatic rings. The third kappa shape index (κ3) is 5.65. The van der Waals surface area contributed by atoms with Gasteiger partial charge in [-0.2, -0.15) is 9.97 Å². The van der Waals surface area contributed by atoms with Gasteiger partial charge in [0.2, 0.25) is 5.91 Å². The molecule has 9 heteroatoms. The van der Waals surface area contributed by atoms with Crippen molar-refractivity contribution in [2.45, 2.75) is 69.9 Å². The number of ether oxygens (including phenoxy) is 1. The molecule has 232 valence electrons. The molecular formula is C35H42FN5O3. The lowest BCUT2D eigenvalue weighted by molar-refractivity contribution is -0.129. The summed E-state index contributed by atoms with van der Waals surface area (Å²) in [6.45, 7) is 7.59. The van der Waals surface area contributed by atoms with Crippen LogP contribution >= 0.6 is 0 Å². The number of phenols is 1. The van der Waals surface area contributed by atoms with Crippen molar-refractivity contribution in [3.63, 3.8) is 0 Å². The number of fused-ring (bicyclic) bond motifs is 2. The molecule has 2 N–H and O–H groups in total. The maximum atomic E-state index is 14.7. The summed E-state index contributed by atoms with van der Waals surface area (Å²) in [6.07, 6.45) is 10.9. The van der Waals surface area contributed by atoms with E-state index < -0.39 is 0 Å². The van der Waals surface area contributed by atoms with E-state index in [1.807, 2.05) is 18.0 Å². The predicted octanol–water partition coefficient (Wildman–Crippen LogP) is 6.11. The van der Waals surface area contributed by atoms with E-state index in [-0.39, 0.29) is 23.0 Å². The first-order valence-corrected chi connectivity index (χ1v) is 15.7. The summed E-state index contributed by atoms with van der Waals surface area (Å²) in [6, 6.07) is 7.17. The highest BCUT2D eigenvalue weighted by Crippen LogP contribution is 2.40. The van der Waals surface area contributed by atoms with Crippen LogP contribution in [0.1, 0.15) is 67.3 Å². The van der Waals surface area contributed by atoms with E-state index in [4.69, 9.17) is 14.7 Å². The van der Waals surface area contributed by atoms with E-state index in [9.17, 15) is 14.3 Å². The van der Waals surface area contributed by atoms with E-state index in [0.29, 0.717) is 49.4 Å². The van der Waals surface area contributed by atoms with Crippen LogP contribution < -0.4 is 10.1 Å². The van der Waals surface area contributed by atoms with Crippen LogP contribution in [0.5, 0.6) is 11.8 Å². The van der Waals surface area contributed by atoms with Crippen LogP contribution in [-0.4, -0.2) is 76.2 Å². The minimum atomic E-state index is -0.325. The third-order valence-electron chi connectivity index (χ3n) is 10.0. The highest BCUT2D eigenvalue weighted by Gasteiger charge is 2.40. The number of rotatable bonds is 9. The van der Waals surface area contributed by atoms with Crippen LogP contribution in [0.15, 0.2) is 36.9 Å². The summed E-state index contributed by atoms with van der Waals surface area (Å²) in [5.74, 6) is 0.498. The van der Waals surface area contributed by atoms with Gasteiger partial charge in [-0.25, -0.2) is 4.39 Å². The van der Waals surface area contributed by atoms with Gasteiger partial charge < -0.3 is 25.0 Å². The first-order valence-electron chi connectivity index (χ1n) is 15.7. The average Bonchev–Trinajstić information content (AvgIpc) is 3.68. The van der Waals surface area contributed by atoms with Crippen LogP contribution in [0.25, 0.3) is 22.4 Å². The van der Waals surface area contributed by atoms with Gasteiger partial charge in [0.25, 0.3) is 0 Å². The molecule has 0 spiro atoms. The molecule has 2 aliphatic carbocycles. The number of carbonyl (C=O) groups excluding carboxylic acids is 1. The Morgan fingerprint density at radius 2 is 2.05 bits per heavy atom. The fraction of sp³-hybridized carbons (Fsp3) is 0.457. The topological polar surface area (TPSA) is 90.8 Å². The zero-order valence-electron chi connectivity index (χ0n) is 26.0. The fourth-order valence-electron chi connectivity index (χ4n) is 7.27. The number of hydrogen-bond donors (Lipinski definition) is 2. The van der Waals surface area contributed by atoms with Crippen LogP contribution in [0.2, 0.25) is 0 Å². The minimum Gasteiger partial charge on any atom is -0.508 e. The molecule has 1 aromatic heterocycles. The number of amides is 1. The van der Waals surface area contributed by atoms with Crippen LogP contribution in [0, 0.1) is 12.7 Å². The van der Waals surface area contributed by atoms with Crippen molar-refractivity contribution in [2.24, 2.45) is 0 Å². The summed E-state index contributed by atoms with van der Waals surface area (Å²) in [5.41, 5.74) is 3.74. The molecule has 1 saturated carbocycles. The second-order valence-electron chi connectivity index (χ2n) is 12.6. The number of aryl methyl sites for hydroxylation is 1. The molecule has 1 saturated heterocycles. The predicted molar refractivity (Wildman–Crippen MR) is 172 cm³/mol. The second-order valence-corrected chi connectivity index (χ2v) is 12.6. The Kier molecular flexibility index (Phi) is 8.33. The van der Waals surface area contributed by atoms with Crippen molar-refractivity contribution < 1.29 is 19.0 Å². The number of carbonyl (C=O) groups is 1. The van der Waals surface area contributed by atoms with E-state index in [0.717, 1.165) is 78.2 Å². The van der Waals surface area contributed by atoms with Crippen molar-refractivity contribution in [3.8, 4) is 11.8 Å². The fourth-order valence-corrected chi connectivity index (χ4v) is 7.27. The molecule has 44 heavy (non-hydrogen) atoms. The van der Waals surface area contributed by atoms with E-state index in [1.165, 1.54) is 12.1 Å². The van der Waals surface area contributed by atoms with E-state index in [2.05, 4.69) is 23.8 Å². The number of benzene rings is 2. The molecule has 2 fully saturated rings. The number of aromatic nitrogens is 2. The van der Waals surface area contributed by atoms with Gasteiger partial charge in [-0.1, -0.05) is 25.5 Å². The molecule has 2 aromatic carbocycles. The van der Waals surface area contributed by atoms with E-state index >= 15 is 0 Å². The lowest BCUT2D eigenvalue weighted by Gasteiger charge is -2.39. The number of hydrogen-bond acceptors (Lipinski definition) is 7. The third-order valence-corrected chi connectivity index (χ3v) is 10.0. The SMILES string of the molecule is C=CC(=O)N(C)C1(CNc2nc(OC[C@@H]3CCCN3C)nc3c2CCC(c2cc(O)cc4ccc(F)c(C)c24)=C3)CCCC1. The lowest BCUT2D eigenvalue weighted by Crippen LogP contribution is -2.51. The molecule has 0 unspecified atom stereocenters. The number of nitrogens with zero attached hydrogens (tertiary/aromatic N) is 4. The number of nitrogens with one attached hydrogen (secondary N) is 1. The summed E-state index contributed by atoms with van der Waals surface area (Å²) in [4.78, 5) is 26.5. The maximum absolute atomic E-state index is 14.7. The van der Waals surface area contributed by atoms with Crippen LogP contribution in [0.3, 0.4) is 0 Å².